The van der Waals surface area contributed by atoms with Crippen LogP contribution >= 0.6 is 0 Å². The summed E-state index contributed by atoms with van der Waals surface area (Å²) in [5.41, 5.74) is 16.1. The summed E-state index contributed by atoms with van der Waals surface area (Å²) >= 11 is 0. The quantitative estimate of drug-likeness (QED) is 0.175. The summed E-state index contributed by atoms with van der Waals surface area (Å²) in [6.07, 6.45) is 0. The maximum Gasteiger partial charge on any atom is 0.0465 e. The summed E-state index contributed by atoms with van der Waals surface area (Å²) in [5, 5.41) is 2.54. The number of para-hydroxylation sites is 1. The molecule has 0 radical (unpaired) electrons. The van der Waals surface area contributed by atoms with Gasteiger partial charge in [0.2, 0.25) is 0 Å². The van der Waals surface area contributed by atoms with Crippen LogP contribution in [0.2, 0.25) is 0 Å². The van der Waals surface area contributed by atoms with Gasteiger partial charge in [-0.3, -0.25) is 0 Å². The van der Waals surface area contributed by atoms with Crippen LogP contribution in [0.25, 0.3) is 55.3 Å². The molecule has 0 fully saturated rings. The molecule has 0 aliphatic heterocycles. The van der Waals surface area contributed by atoms with Crippen molar-refractivity contribution in [3.05, 3.63) is 199 Å². The van der Waals surface area contributed by atoms with Crippen LogP contribution in [0.5, 0.6) is 0 Å². The molecule has 0 N–H and O–H groups in total. The molecular weight excluding hydrogens is 603 g/mol. The van der Waals surface area contributed by atoms with Gasteiger partial charge in [-0.15, -0.1) is 0 Å². The van der Waals surface area contributed by atoms with Crippen LogP contribution in [0.1, 0.15) is 25.0 Å². The Morgan fingerprint density at radius 3 is 1.46 bits per heavy atom. The van der Waals surface area contributed by atoms with E-state index >= 15 is 0 Å². The Balaban J connectivity index is 1.05. The molecule has 0 unspecified atom stereocenters. The van der Waals surface area contributed by atoms with Crippen molar-refractivity contribution in [3.8, 4) is 44.5 Å². The zero-order chi connectivity index (χ0) is 33.7. The number of fused-ring (bicyclic) bond motifs is 4. The smallest absolute Gasteiger partial charge is 0.0465 e. The average Bonchev–Trinajstić information content (AvgIpc) is 3.41. The summed E-state index contributed by atoms with van der Waals surface area (Å²) in [5.74, 6) is 0. The number of benzene rings is 8. The normalized spacial score (nSPS) is 12.8. The number of rotatable bonds is 6. The fraction of sp³-hybridized carbons (Fsp3) is 0.0612. The van der Waals surface area contributed by atoms with E-state index in [0.717, 1.165) is 17.1 Å². The van der Waals surface area contributed by atoms with Gasteiger partial charge in [-0.25, -0.2) is 0 Å². The Kier molecular flexibility index (Phi) is 7.21. The molecule has 238 valence electrons. The zero-order valence-electron chi connectivity index (χ0n) is 28.3. The van der Waals surface area contributed by atoms with Crippen LogP contribution in [0.3, 0.4) is 0 Å². The van der Waals surface area contributed by atoms with Crippen LogP contribution in [-0.2, 0) is 5.41 Å². The van der Waals surface area contributed by atoms with Crippen molar-refractivity contribution in [2.75, 3.05) is 4.90 Å². The largest absolute Gasteiger partial charge is 0.310 e. The van der Waals surface area contributed by atoms with Crippen molar-refractivity contribution in [2.24, 2.45) is 0 Å². The lowest BCUT2D eigenvalue weighted by atomic mass is 9.81. The molecule has 9 rings (SSSR count). The van der Waals surface area contributed by atoms with Gasteiger partial charge in [0.15, 0.2) is 0 Å². The Morgan fingerprint density at radius 1 is 0.320 bits per heavy atom. The Labute approximate surface area is 294 Å². The molecule has 1 aliphatic carbocycles. The lowest BCUT2D eigenvalue weighted by Gasteiger charge is -2.28. The molecule has 0 aromatic heterocycles. The molecule has 0 atom stereocenters. The molecule has 0 spiro atoms. The third-order valence-electron chi connectivity index (χ3n) is 10.5. The van der Waals surface area contributed by atoms with Crippen molar-refractivity contribution in [1.82, 2.24) is 0 Å². The second-order valence-electron chi connectivity index (χ2n) is 13.8. The van der Waals surface area contributed by atoms with Gasteiger partial charge in [-0.1, -0.05) is 153 Å². The predicted octanol–water partition coefficient (Wildman–Crippen LogP) is 13.6. The molecule has 1 aliphatic rings. The Bertz CT molecular complexity index is 2470. The first kappa shape index (κ1) is 29.9. The van der Waals surface area contributed by atoms with Crippen molar-refractivity contribution in [3.63, 3.8) is 0 Å². The summed E-state index contributed by atoms with van der Waals surface area (Å²) in [6, 6.07) is 68.5. The molecule has 0 heterocycles. The second-order valence-corrected chi connectivity index (χ2v) is 13.8. The molecule has 8 aromatic carbocycles. The highest BCUT2D eigenvalue weighted by molar-refractivity contribution is 5.89. The molecule has 0 amide bonds. The van der Waals surface area contributed by atoms with Gasteiger partial charge < -0.3 is 4.90 Å². The molecule has 0 saturated heterocycles. The molecule has 0 saturated carbocycles. The summed E-state index contributed by atoms with van der Waals surface area (Å²) in [4.78, 5) is 2.37. The monoisotopic (exact) mass is 639 g/mol. The first-order chi connectivity index (χ1) is 24.5. The Hall–Kier alpha value is -6.18. The van der Waals surface area contributed by atoms with E-state index in [1.54, 1.807) is 0 Å². The third-order valence-corrected chi connectivity index (χ3v) is 10.5. The molecule has 8 aromatic rings. The van der Waals surface area contributed by atoms with E-state index in [1.807, 2.05) is 0 Å². The topological polar surface area (TPSA) is 3.24 Å². The van der Waals surface area contributed by atoms with Crippen LogP contribution in [0.4, 0.5) is 17.1 Å². The average molecular weight is 640 g/mol. The van der Waals surface area contributed by atoms with E-state index in [9.17, 15) is 0 Å². The lowest BCUT2D eigenvalue weighted by Crippen LogP contribution is -2.16. The minimum Gasteiger partial charge on any atom is -0.310 e. The molecule has 0 bridgehead atoms. The molecule has 1 nitrogen and oxygen atoms in total. The van der Waals surface area contributed by atoms with Crippen LogP contribution in [0.15, 0.2) is 188 Å². The first-order valence-corrected chi connectivity index (χ1v) is 17.4. The maximum absolute atomic E-state index is 2.41. The Morgan fingerprint density at radius 2 is 0.760 bits per heavy atom. The maximum atomic E-state index is 2.41. The predicted molar refractivity (Wildman–Crippen MR) is 213 cm³/mol. The van der Waals surface area contributed by atoms with E-state index in [1.165, 1.54) is 66.4 Å². The number of nitrogens with zero attached hydrogens (tertiary/aromatic N) is 1. The highest BCUT2D eigenvalue weighted by Crippen LogP contribution is 2.51. The second kappa shape index (κ2) is 12.1. The standard InChI is InChI=1S/C49H37N/c1-49(2)47-32-41(38-19-17-37(18-20-38)40-22-21-35-13-9-10-14-39(35)31-40)25-29-45(47)46-30-28-44(33-48(46)49)50(42-15-7-4-8-16-42)43-26-23-36(24-27-43)34-11-5-3-6-12-34/h3-33H,1-2H3. The summed E-state index contributed by atoms with van der Waals surface area (Å²) in [7, 11) is 0. The molecule has 50 heavy (non-hydrogen) atoms. The van der Waals surface area contributed by atoms with Crippen molar-refractivity contribution >= 4 is 27.8 Å². The van der Waals surface area contributed by atoms with Crippen molar-refractivity contribution in [2.45, 2.75) is 19.3 Å². The van der Waals surface area contributed by atoms with Gasteiger partial charge in [-0.05, 0) is 115 Å². The van der Waals surface area contributed by atoms with E-state index in [0.29, 0.717) is 0 Å². The summed E-state index contributed by atoms with van der Waals surface area (Å²) in [6.45, 7) is 4.74. The van der Waals surface area contributed by atoms with Crippen LogP contribution < -0.4 is 4.90 Å². The molecular formula is C49H37N. The van der Waals surface area contributed by atoms with Gasteiger partial charge in [0.25, 0.3) is 0 Å². The number of hydrogen-bond acceptors (Lipinski definition) is 1. The first-order valence-electron chi connectivity index (χ1n) is 17.4. The zero-order valence-corrected chi connectivity index (χ0v) is 28.3. The van der Waals surface area contributed by atoms with Gasteiger partial charge in [0.1, 0.15) is 0 Å². The van der Waals surface area contributed by atoms with E-state index in [4.69, 9.17) is 0 Å². The third kappa shape index (κ3) is 5.19. The van der Waals surface area contributed by atoms with Crippen LogP contribution in [-0.4, -0.2) is 0 Å². The van der Waals surface area contributed by atoms with Gasteiger partial charge >= 0.3 is 0 Å². The fourth-order valence-electron chi connectivity index (χ4n) is 7.73. The van der Waals surface area contributed by atoms with E-state index in [2.05, 4.69) is 207 Å². The van der Waals surface area contributed by atoms with Crippen molar-refractivity contribution < 1.29 is 0 Å². The van der Waals surface area contributed by atoms with Gasteiger partial charge in [-0.2, -0.15) is 0 Å². The SMILES string of the molecule is CC1(C)c2cc(-c3ccc(-c4ccc5ccccc5c4)cc3)ccc2-c2ccc(N(c3ccccc3)c3ccc(-c4ccccc4)cc3)cc21. The minimum atomic E-state index is -0.152. The minimum absolute atomic E-state index is 0.152. The highest BCUT2D eigenvalue weighted by atomic mass is 15.1. The molecule has 1 heteroatoms. The van der Waals surface area contributed by atoms with Gasteiger partial charge in [0.05, 0.1) is 0 Å². The number of hydrogen-bond donors (Lipinski definition) is 0. The van der Waals surface area contributed by atoms with Crippen molar-refractivity contribution in [1.29, 1.82) is 0 Å². The van der Waals surface area contributed by atoms with Crippen LogP contribution in [0, 0.1) is 0 Å². The highest BCUT2D eigenvalue weighted by Gasteiger charge is 2.36. The van der Waals surface area contributed by atoms with Gasteiger partial charge in [0, 0.05) is 22.5 Å². The number of anilines is 3. The van der Waals surface area contributed by atoms with E-state index < -0.39 is 0 Å². The lowest BCUT2D eigenvalue weighted by molar-refractivity contribution is 0.660. The summed E-state index contributed by atoms with van der Waals surface area (Å²) < 4.78 is 0. The van der Waals surface area contributed by atoms with E-state index in [-0.39, 0.29) is 5.41 Å². The fourth-order valence-corrected chi connectivity index (χ4v) is 7.73.